The number of aryl methyl sites for hydroxylation is 2. The van der Waals surface area contributed by atoms with Crippen LogP contribution in [0.15, 0.2) is 24.3 Å². The Hall–Kier alpha value is -0.860. The van der Waals surface area contributed by atoms with Crippen LogP contribution in [0.3, 0.4) is 0 Å². The van der Waals surface area contributed by atoms with Gasteiger partial charge in [-0.05, 0) is 60.7 Å². The zero-order valence-corrected chi connectivity index (χ0v) is 22.5. The van der Waals surface area contributed by atoms with Crippen molar-refractivity contribution in [2.24, 2.45) is 0 Å². The molecule has 0 unspecified atom stereocenters. The Balaban J connectivity index is 1.39. The molecule has 2 heterocycles. The second-order valence-corrected chi connectivity index (χ2v) is 12.1. The van der Waals surface area contributed by atoms with Gasteiger partial charge in [-0.3, -0.25) is 0 Å². The van der Waals surface area contributed by atoms with E-state index in [1.807, 2.05) is 22.7 Å². The Morgan fingerprint density at radius 2 is 0.781 bits per heavy atom. The first-order chi connectivity index (χ1) is 15.8. The predicted molar refractivity (Wildman–Crippen MR) is 150 cm³/mol. The lowest BCUT2D eigenvalue weighted by molar-refractivity contribution is 0.576. The molecule has 1 aromatic carbocycles. The van der Waals surface area contributed by atoms with Gasteiger partial charge in [0.1, 0.15) is 0 Å². The smallest absolute Gasteiger partial charge is 0.0352 e. The van der Waals surface area contributed by atoms with Crippen molar-refractivity contribution in [2.75, 3.05) is 0 Å². The van der Waals surface area contributed by atoms with Gasteiger partial charge in [0.2, 0.25) is 0 Å². The van der Waals surface area contributed by atoms with Gasteiger partial charge < -0.3 is 0 Å². The first-order valence-electron chi connectivity index (χ1n) is 13.7. The number of thiophene rings is 2. The van der Waals surface area contributed by atoms with Crippen LogP contribution in [-0.2, 0) is 12.8 Å². The van der Waals surface area contributed by atoms with Crippen LogP contribution in [0.25, 0.3) is 20.2 Å². The number of benzene rings is 1. The molecule has 0 spiro atoms. The maximum Gasteiger partial charge on any atom is 0.0352 e. The predicted octanol–water partition coefficient (Wildman–Crippen LogP) is 11.5. The fraction of sp³-hybridized carbons (Fsp3) is 0.667. The summed E-state index contributed by atoms with van der Waals surface area (Å²) in [6, 6.07) is 9.86. The van der Waals surface area contributed by atoms with Crippen molar-refractivity contribution in [2.45, 2.75) is 129 Å². The van der Waals surface area contributed by atoms with Crippen LogP contribution in [0.4, 0.5) is 0 Å². The lowest BCUT2D eigenvalue weighted by Gasteiger charge is -2.00. The molecule has 32 heavy (non-hydrogen) atoms. The summed E-state index contributed by atoms with van der Waals surface area (Å²) < 4.78 is 2.98. The number of unbranched alkanes of at least 4 members (excludes halogenated alkanes) is 14. The monoisotopic (exact) mass is 470 g/mol. The molecule has 2 aromatic heterocycles. The van der Waals surface area contributed by atoms with E-state index >= 15 is 0 Å². The second kappa shape index (κ2) is 15.1. The molecular weight excluding hydrogens is 424 g/mol. The fourth-order valence-corrected chi connectivity index (χ4v) is 7.07. The summed E-state index contributed by atoms with van der Waals surface area (Å²) in [7, 11) is 0. The maximum absolute atomic E-state index is 2.47. The van der Waals surface area contributed by atoms with Gasteiger partial charge in [-0.25, -0.2) is 0 Å². The Morgan fingerprint density at radius 1 is 0.438 bits per heavy atom. The van der Waals surface area contributed by atoms with Crippen LogP contribution in [0.1, 0.15) is 126 Å². The summed E-state index contributed by atoms with van der Waals surface area (Å²) in [6.45, 7) is 4.59. The van der Waals surface area contributed by atoms with Crippen LogP contribution < -0.4 is 0 Å². The summed E-state index contributed by atoms with van der Waals surface area (Å²) in [5, 5.41) is 2.94. The highest BCUT2D eigenvalue weighted by atomic mass is 32.1. The number of hydrogen-bond acceptors (Lipinski definition) is 2. The van der Waals surface area contributed by atoms with Gasteiger partial charge in [0.05, 0.1) is 0 Å². The Kier molecular flexibility index (Phi) is 12.2. The third-order valence-corrected chi connectivity index (χ3v) is 9.13. The standard InChI is InChI=1S/C30H46S2/c1-3-5-7-9-11-13-15-17-19-27-21-25-23-30-26(24-29(25)31-27)22-28(32-30)20-18-16-14-12-10-8-6-4-2/h21-24H,3-20H2,1-2H3. The van der Waals surface area contributed by atoms with Crippen LogP contribution in [0.2, 0.25) is 0 Å². The molecule has 178 valence electrons. The first kappa shape index (κ1) is 25.8. The molecule has 2 heteroatoms. The van der Waals surface area contributed by atoms with Gasteiger partial charge in [0, 0.05) is 19.2 Å². The molecule has 0 aliphatic heterocycles. The lowest BCUT2D eigenvalue weighted by Crippen LogP contribution is -1.83. The molecular formula is C30H46S2. The van der Waals surface area contributed by atoms with Crippen molar-refractivity contribution in [1.29, 1.82) is 0 Å². The van der Waals surface area contributed by atoms with E-state index in [9.17, 15) is 0 Å². The Morgan fingerprint density at radius 3 is 1.16 bits per heavy atom. The van der Waals surface area contributed by atoms with E-state index in [1.54, 1.807) is 9.75 Å². The van der Waals surface area contributed by atoms with E-state index in [-0.39, 0.29) is 0 Å². The van der Waals surface area contributed by atoms with Crippen molar-refractivity contribution in [1.82, 2.24) is 0 Å². The van der Waals surface area contributed by atoms with Crippen molar-refractivity contribution in [3.8, 4) is 0 Å². The van der Waals surface area contributed by atoms with E-state index in [0.717, 1.165) is 0 Å². The highest BCUT2D eigenvalue weighted by Crippen LogP contribution is 2.35. The molecule has 0 aliphatic rings. The molecule has 3 aromatic rings. The number of hydrogen-bond donors (Lipinski definition) is 0. The summed E-state index contributed by atoms with van der Waals surface area (Å²) >= 11 is 4.07. The van der Waals surface area contributed by atoms with Gasteiger partial charge in [-0.2, -0.15) is 0 Å². The van der Waals surface area contributed by atoms with Gasteiger partial charge in [-0.1, -0.05) is 104 Å². The lowest BCUT2D eigenvalue weighted by atomic mass is 10.1. The average Bonchev–Trinajstić information content (AvgIpc) is 3.37. The molecule has 0 nitrogen and oxygen atoms in total. The topological polar surface area (TPSA) is 0 Å². The van der Waals surface area contributed by atoms with Crippen LogP contribution >= 0.6 is 22.7 Å². The minimum atomic E-state index is 1.27. The quantitative estimate of drug-likeness (QED) is 0.162. The molecule has 0 atom stereocenters. The van der Waals surface area contributed by atoms with E-state index < -0.39 is 0 Å². The molecule has 0 radical (unpaired) electrons. The van der Waals surface area contributed by atoms with E-state index in [2.05, 4.69) is 38.1 Å². The molecule has 3 rings (SSSR count). The van der Waals surface area contributed by atoms with Crippen LogP contribution in [0, 0.1) is 0 Å². The molecule has 0 bridgehead atoms. The van der Waals surface area contributed by atoms with Gasteiger partial charge >= 0.3 is 0 Å². The maximum atomic E-state index is 2.47. The van der Waals surface area contributed by atoms with Crippen LogP contribution in [0.5, 0.6) is 0 Å². The van der Waals surface area contributed by atoms with Crippen molar-refractivity contribution in [3.63, 3.8) is 0 Å². The minimum absolute atomic E-state index is 1.27. The summed E-state index contributed by atoms with van der Waals surface area (Å²) in [4.78, 5) is 3.17. The fourth-order valence-electron chi connectivity index (χ4n) is 4.79. The highest BCUT2D eigenvalue weighted by Gasteiger charge is 2.08. The number of rotatable bonds is 18. The molecule has 0 fully saturated rings. The zero-order valence-electron chi connectivity index (χ0n) is 20.9. The van der Waals surface area contributed by atoms with E-state index in [4.69, 9.17) is 0 Å². The molecule has 0 saturated heterocycles. The van der Waals surface area contributed by atoms with Crippen molar-refractivity contribution >= 4 is 42.8 Å². The Labute approximate surface area is 205 Å². The van der Waals surface area contributed by atoms with Crippen LogP contribution in [-0.4, -0.2) is 0 Å². The SMILES string of the molecule is CCCCCCCCCCc1cc2cc3sc(CCCCCCCCCC)cc3cc2s1. The molecule has 0 aliphatic carbocycles. The molecule has 0 amide bonds. The third-order valence-electron chi connectivity index (χ3n) is 6.81. The average molecular weight is 471 g/mol. The molecule has 0 N–H and O–H groups in total. The Bertz CT molecular complexity index is 764. The summed E-state index contributed by atoms with van der Waals surface area (Å²) in [5.74, 6) is 0. The van der Waals surface area contributed by atoms with E-state index in [1.165, 1.54) is 136 Å². The minimum Gasteiger partial charge on any atom is -0.140 e. The summed E-state index contributed by atoms with van der Waals surface area (Å²) in [6.07, 6.45) is 25.1. The highest BCUT2D eigenvalue weighted by molar-refractivity contribution is 7.20. The first-order valence-corrected chi connectivity index (χ1v) is 15.4. The normalized spacial score (nSPS) is 11.8. The second-order valence-electron chi connectivity index (χ2n) is 9.80. The van der Waals surface area contributed by atoms with E-state index in [0.29, 0.717) is 0 Å². The summed E-state index contributed by atoms with van der Waals surface area (Å²) in [5.41, 5.74) is 0. The third kappa shape index (κ3) is 8.82. The largest absolute Gasteiger partial charge is 0.140 e. The van der Waals surface area contributed by atoms with Crippen molar-refractivity contribution < 1.29 is 0 Å². The zero-order chi connectivity index (χ0) is 22.4. The van der Waals surface area contributed by atoms with Gasteiger partial charge in [-0.15, -0.1) is 22.7 Å². The van der Waals surface area contributed by atoms with Gasteiger partial charge in [0.15, 0.2) is 0 Å². The van der Waals surface area contributed by atoms with Crippen molar-refractivity contribution in [3.05, 3.63) is 34.0 Å². The van der Waals surface area contributed by atoms with Gasteiger partial charge in [0.25, 0.3) is 0 Å². The molecule has 0 saturated carbocycles. The number of fused-ring (bicyclic) bond motifs is 2.